The molecule has 0 radical (unpaired) electrons. The second kappa shape index (κ2) is 10.3. The van der Waals surface area contributed by atoms with Crippen molar-refractivity contribution in [3.63, 3.8) is 0 Å². The van der Waals surface area contributed by atoms with Crippen molar-refractivity contribution in [1.82, 2.24) is 15.3 Å². The number of nitrogens with zero attached hydrogens (tertiary/aromatic N) is 3. The number of aromatic nitrogens is 2. The summed E-state index contributed by atoms with van der Waals surface area (Å²) < 4.78 is 27.3. The third kappa shape index (κ3) is 5.39. The zero-order valence-electron chi connectivity index (χ0n) is 18.0. The Morgan fingerprint density at radius 2 is 1.55 bits per heavy atom. The van der Waals surface area contributed by atoms with Gasteiger partial charge in [0.15, 0.2) is 0 Å². The van der Waals surface area contributed by atoms with E-state index < -0.39 is 29.5 Å². The summed E-state index contributed by atoms with van der Waals surface area (Å²) in [6.45, 7) is 0. The molecule has 170 valence electrons. The lowest BCUT2D eigenvalue weighted by atomic mass is 9.94. The lowest BCUT2D eigenvalue weighted by Crippen LogP contribution is -2.47. The van der Waals surface area contributed by atoms with Crippen molar-refractivity contribution in [3.8, 4) is 0 Å². The Labute approximate surface area is 190 Å². The Bertz CT molecular complexity index is 1090. The van der Waals surface area contributed by atoms with Crippen molar-refractivity contribution in [1.29, 1.82) is 0 Å². The van der Waals surface area contributed by atoms with Crippen molar-refractivity contribution in [2.45, 2.75) is 44.2 Å². The van der Waals surface area contributed by atoms with Gasteiger partial charge in [-0.1, -0.05) is 31.4 Å². The summed E-state index contributed by atoms with van der Waals surface area (Å²) >= 11 is 0. The highest BCUT2D eigenvalue weighted by atomic mass is 19.1. The van der Waals surface area contributed by atoms with E-state index in [-0.39, 0.29) is 11.7 Å². The van der Waals surface area contributed by atoms with Gasteiger partial charge in [-0.3, -0.25) is 19.5 Å². The molecule has 2 aromatic carbocycles. The lowest BCUT2D eigenvalue weighted by molar-refractivity contribution is -0.123. The molecule has 1 aliphatic carbocycles. The number of carbonyl (C=O) groups is 2. The van der Waals surface area contributed by atoms with Crippen LogP contribution in [0.4, 0.5) is 14.5 Å². The Morgan fingerprint density at radius 1 is 0.909 bits per heavy atom. The molecule has 6 nitrogen and oxygen atoms in total. The summed E-state index contributed by atoms with van der Waals surface area (Å²) in [5.74, 6) is -1.91. The summed E-state index contributed by atoms with van der Waals surface area (Å²) in [6.07, 6.45) is 9.00. The molecule has 8 heteroatoms. The van der Waals surface area contributed by atoms with Crippen LogP contribution in [0.25, 0.3) is 0 Å². The van der Waals surface area contributed by atoms with Crippen LogP contribution in [-0.4, -0.2) is 27.8 Å². The Hall–Kier alpha value is -3.68. The topological polar surface area (TPSA) is 75.2 Å². The van der Waals surface area contributed by atoms with Crippen LogP contribution in [0.3, 0.4) is 0 Å². The third-order valence-electron chi connectivity index (χ3n) is 5.75. The van der Waals surface area contributed by atoms with Crippen molar-refractivity contribution in [3.05, 3.63) is 90.0 Å². The van der Waals surface area contributed by atoms with E-state index in [1.165, 1.54) is 72.0 Å². The first-order valence-corrected chi connectivity index (χ1v) is 10.9. The quantitative estimate of drug-likeness (QED) is 0.596. The van der Waals surface area contributed by atoms with Crippen LogP contribution in [-0.2, 0) is 4.79 Å². The van der Waals surface area contributed by atoms with Gasteiger partial charge in [0.2, 0.25) is 5.91 Å². The molecule has 0 aliphatic heterocycles. The maximum atomic E-state index is 13.7. The van der Waals surface area contributed by atoms with Crippen LogP contribution in [0.5, 0.6) is 0 Å². The molecule has 3 aromatic rings. The van der Waals surface area contributed by atoms with E-state index >= 15 is 0 Å². The number of rotatable bonds is 6. The monoisotopic (exact) mass is 450 g/mol. The van der Waals surface area contributed by atoms with Crippen LogP contribution < -0.4 is 10.2 Å². The molecule has 1 aromatic heterocycles. The van der Waals surface area contributed by atoms with Gasteiger partial charge in [-0.25, -0.2) is 13.8 Å². The molecule has 1 heterocycles. The number of hydrogen-bond donors (Lipinski definition) is 1. The number of nitrogens with one attached hydrogen (secondary N) is 1. The van der Waals surface area contributed by atoms with E-state index in [1.54, 1.807) is 0 Å². The summed E-state index contributed by atoms with van der Waals surface area (Å²) in [5.41, 5.74) is 0.755. The second-order valence-electron chi connectivity index (χ2n) is 8.04. The van der Waals surface area contributed by atoms with E-state index in [9.17, 15) is 18.4 Å². The highest BCUT2D eigenvalue weighted by molar-refractivity contribution is 6.09. The molecule has 0 unspecified atom stereocenters. The van der Waals surface area contributed by atoms with Crippen LogP contribution in [0.2, 0.25) is 0 Å². The molecular weight excluding hydrogens is 426 g/mol. The molecule has 33 heavy (non-hydrogen) atoms. The van der Waals surface area contributed by atoms with Gasteiger partial charge in [-0.15, -0.1) is 0 Å². The SMILES string of the molecule is O=C(NC1CCCCC1)[C@@H](c1ccc(F)cc1)N(C(=O)c1cnccn1)c1ccc(F)cc1. The van der Waals surface area contributed by atoms with E-state index in [0.717, 1.165) is 32.1 Å². The highest BCUT2D eigenvalue weighted by Gasteiger charge is 2.35. The first kappa shape index (κ1) is 22.5. The minimum atomic E-state index is -1.12. The number of anilines is 1. The minimum absolute atomic E-state index is 0.00381. The molecule has 0 spiro atoms. The van der Waals surface area contributed by atoms with E-state index in [1.807, 2.05) is 0 Å². The number of carbonyl (C=O) groups excluding carboxylic acids is 2. The van der Waals surface area contributed by atoms with E-state index in [0.29, 0.717) is 11.3 Å². The van der Waals surface area contributed by atoms with Gasteiger partial charge < -0.3 is 5.32 Å². The highest BCUT2D eigenvalue weighted by Crippen LogP contribution is 2.30. The molecule has 1 aliphatic rings. The van der Waals surface area contributed by atoms with Crippen molar-refractivity contribution >= 4 is 17.5 Å². The van der Waals surface area contributed by atoms with Gasteiger partial charge in [-0.05, 0) is 54.8 Å². The van der Waals surface area contributed by atoms with Crippen molar-refractivity contribution in [2.24, 2.45) is 0 Å². The maximum absolute atomic E-state index is 13.7. The van der Waals surface area contributed by atoms with Gasteiger partial charge in [0.25, 0.3) is 5.91 Å². The second-order valence-corrected chi connectivity index (χ2v) is 8.04. The Kier molecular flexibility index (Phi) is 7.02. The summed E-state index contributed by atoms with van der Waals surface area (Å²) in [6, 6.07) is 9.59. The number of halogens is 2. The maximum Gasteiger partial charge on any atom is 0.279 e. The standard InChI is InChI=1S/C25H24F2N4O2/c26-18-8-6-17(7-9-18)23(24(32)30-20-4-2-1-3-5-20)31(21-12-10-19(27)11-13-21)25(33)22-16-28-14-15-29-22/h6-16,20,23H,1-5H2,(H,30,32)/t23-/m1/s1. The number of amides is 2. The minimum Gasteiger partial charge on any atom is -0.351 e. The van der Waals surface area contributed by atoms with Gasteiger partial charge in [0.1, 0.15) is 23.4 Å². The normalized spacial score (nSPS) is 15.0. The molecule has 1 N–H and O–H groups in total. The van der Waals surface area contributed by atoms with Gasteiger partial charge in [0.05, 0.1) is 6.20 Å². The van der Waals surface area contributed by atoms with E-state index in [2.05, 4.69) is 15.3 Å². The zero-order chi connectivity index (χ0) is 23.2. The molecule has 0 saturated heterocycles. The largest absolute Gasteiger partial charge is 0.351 e. The fourth-order valence-corrected chi connectivity index (χ4v) is 4.11. The van der Waals surface area contributed by atoms with Crippen LogP contribution in [0.15, 0.2) is 67.1 Å². The number of benzene rings is 2. The average Bonchev–Trinajstić information content (AvgIpc) is 2.85. The van der Waals surface area contributed by atoms with Gasteiger partial charge in [-0.2, -0.15) is 0 Å². The predicted octanol–water partition coefficient (Wildman–Crippen LogP) is 4.59. The molecule has 1 saturated carbocycles. The van der Waals surface area contributed by atoms with Crippen LogP contribution in [0.1, 0.15) is 54.2 Å². The summed E-state index contributed by atoms with van der Waals surface area (Å²) in [4.78, 5) is 36.5. The summed E-state index contributed by atoms with van der Waals surface area (Å²) in [7, 11) is 0. The average molecular weight is 450 g/mol. The molecule has 0 bridgehead atoms. The fourth-order valence-electron chi connectivity index (χ4n) is 4.11. The first-order chi connectivity index (χ1) is 16.0. The van der Waals surface area contributed by atoms with Crippen molar-refractivity contribution < 1.29 is 18.4 Å². The van der Waals surface area contributed by atoms with Crippen LogP contribution in [0, 0.1) is 11.6 Å². The molecule has 2 amide bonds. The molecule has 4 rings (SSSR count). The van der Waals surface area contributed by atoms with Crippen LogP contribution >= 0.6 is 0 Å². The van der Waals surface area contributed by atoms with Crippen molar-refractivity contribution in [2.75, 3.05) is 4.90 Å². The van der Waals surface area contributed by atoms with E-state index in [4.69, 9.17) is 0 Å². The first-order valence-electron chi connectivity index (χ1n) is 10.9. The smallest absolute Gasteiger partial charge is 0.279 e. The lowest BCUT2D eigenvalue weighted by Gasteiger charge is -2.33. The molecular formula is C25H24F2N4O2. The Balaban J connectivity index is 1.79. The van der Waals surface area contributed by atoms with Gasteiger partial charge >= 0.3 is 0 Å². The predicted molar refractivity (Wildman–Crippen MR) is 119 cm³/mol. The molecule has 1 atom stereocenters. The molecule has 1 fully saturated rings. The third-order valence-corrected chi connectivity index (χ3v) is 5.75. The van der Waals surface area contributed by atoms with Gasteiger partial charge in [0, 0.05) is 24.1 Å². The zero-order valence-corrected chi connectivity index (χ0v) is 18.0. The Morgan fingerprint density at radius 3 is 2.15 bits per heavy atom. The summed E-state index contributed by atoms with van der Waals surface area (Å²) in [5, 5.41) is 3.06. The number of hydrogen-bond acceptors (Lipinski definition) is 4. The fraction of sp³-hybridized carbons (Fsp3) is 0.280.